The summed E-state index contributed by atoms with van der Waals surface area (Å²) in [5.41, 5.74) is -3.28. The Balaban J connectivity index is 2.19. The smallest absolute Gasteiger partial charge is 0.318 e. The summed E-state index contributed by atoms with van der Waals surface area (Å²) in [6, 6.07) is 15.0. The van der Waals surface area contributed by atoms with Crippen molar-refractivity contribution in [3.05, 3.63) is 59.9 Å². The molecule has 2 aromatic rings. The van der Waals surface area contributed by atoms with E-state index in [-0.39, 0.29) is 11.6 Å². The van der Waals surface area contributed by atoms with Crippen LogP contribution in [0.2, 0.25) is 0 Å². The van der Waals surface area contributed by atoms with Gasteiger partial charge < -0.3 is 9.47 Å². The van der Waals surface area contributed by atoms with Crippen LogP contribution in [-0.4, -0.2) is 24.3 Å². The van der Waals surface area contributed by atoms with Crippen molar-refractivity contribution in [1.82, 2.24) is 0 Å². The van der Waals surface area contributed by atoms with E-state index in [0.717, 1.165) is 0 Å². The number of carbonyl (C=O) groups is 1. The lowest BCUT2D eigenvalue weighted by Gasteiger charge is -2.22. The minimum Gasteiger partial charge on any atom is -0.468 e. The number of benzene rings is 2. The van der Waals surface area contributed by atoms with Crippen molar-refractivity contribution in [3.8, 4) is 17.6 Å². The first-order chi connectivity index (χ1) is 13.7. The molecular weight excluding hydrogens is 416 g/mol. The summed E-state index contributed by atoms with van der Waals surface area (Å²) in [5, 5.41) is 9.26. The number of esters is 1. The van der Waals surface area contributed by atoms with Gasteiger partial charge in [-0.25, -0.2) is 4.39 Å². The molecule has 0 bridgehead atoms. The lowest BCUT2D eigenvalue weighted by molar-refractivity contribution is -0.145. The zero-order chi connectivity index (χ0) is 21.4. The van der Waals surface area contributed by atoms with Gasteiger partial charge in [0.25, 0.3) is 0 Å². The number of hydrogen-bond acceptors (Lipinski definition) is 4. The van der Waals surface area contributed by atoms with Crippen molar-refractivity contribution in [2.24, 2.45) is 10.8 Å². The van der Waals surface area contributed by atoms with Crippen molar-refractivity contribution in [1.29, 1.82) is 5.26 Å². The van der Waals surface area contributed by atoms with Crippen LogP contribution in [0.15, 0.2) is 48.5 Å². The number of alkyl halides is 2. The largest absolute Gasteiger partial charge is 0.468 e. The third kappa shape index (κ3) is 2.73. The third-order valence-electron chi connectivity index (χ3n) is 6.06. The van der Waals surface area contributed by atoms with Gasteiger partial charge in [-0.2, -0.15) is 5.26 Å². The molecule has 0 heterocycles. The van der Waals surface area contributed by atoms with Crippen LogP contribution in [0.3, 0.4) is 0 Å². The van der Waals surface area contributed by atoms with Crippen molar-refractivity contribution < 1.29 is 18.7 Å². The average Bonchev–Trinajstić information content (AvgIpc) is 3.20. The minimum atomic E-state index is -1.42. The fourth-order valence-electron chi connectivity index (χ4n) is 4.65. The molecule has 0 amide bonds. The third-order valence-corrected chi connectivity index (χ3v) is 7.01. The second kappa shape index (κ2) is 7.51. The van der Waals surface area contributed by atoms with Gasteiger partial charge in [0, 0.05) is 11.3 Å². The number of halogens is 3. The molecular formula is C22H20Cl2FNO3. The predicted molar refractivity (Wildman–Crippen MR) is 109 cm³/mol. The zero-order valence-electron chi connectivity index (χ0n) is 16.2. The molecule has 4 nitrogen and oxygen atoms in total. The van der Waals surface area contributed by atoms with E-state index in [2.05, 4.69) is 6.07 Å². The van der Waals surface area contributed by atoms with Gasteiger partial charge in [0.05, 0.1) is 18.6 Å². The van der Waals surface area contributed by atoms with Crippen LogP contribution < -0.4 is 4.74 Å². The summed E-state index contributed by atoms with van der Waals surface area (Å²) in [5.74, 6) is -0.890. The summed E-state index contributed by atoms with van der Waals surface area (Å²) in [7, 11) is 1.25. The molecule has 1 fully saturated rings. The molecule has 3 unspecified atom stereocenters. The van der Waals surface area contributed by atoms with Gasteiger partial charge in [0.1, 0.15) is 16.6 Å². The van der Waals surface area contributed by atoms with Crippen LogP contribution in [0.4, 0.5) is 4.39 Å². The molecule has 0 saturated heterocycles. The summed E-state index contributed by atoms with van der Waals surface area (Å²) in [6.07, 6.45) is 0. The molecule has 3 atom stereocenters. The molecule has 29 heavy (non-hydrogen) atoms. The van der Waals surface area contributed by atoms with E-state index >= 15 is 0 Å². The van der Waals surface area contributed by atoms with Crippen molar-refractivity contribution in [2.75, 3.05) is 13.0 Å². The number of rotatable bonds is 6. The van der Waals surface area contributed by atoms with Gasteiger partial charge in [0.15, 0.2) is 11.6 Å². The molecule has 1 aliphatic rings. The maximum atomic E-state index is 14.5. The lowest BCUT2D eigenvalue weighted by Crippen LogP contribution is -2.34. The quantitative estimate of drug-likeness (QED) is 0.448. The highest BCUT2D eigenvalue weighted by molar-refractivity contribution is 6.29. The fourth-order valence-corrected chi connectivity index (χ4v) is 5.37. The Bertz CT molecular complexity index is 976. The van der Waals surface area contributed by atoms with Gasteiger partial charge in [0.2, 0.25) is 0 Å². The minimum absolute atomic E-state index is 0.0359. The van der Waals surface area contributed by atoms with Crippen LogP contribution in [-0.2, 0) is 14.9 Å². The Morgan fingerprint density at radius 1 is 1.24 bits per heavy atom. The van der Waals surface area contributed by atoms with E-state index in [9.17, 15) is 14.4 Å². The first-order valence-corrected chi connectivity index (χ1v) is 9.94. The normalized spacial score (nSPS) is 25.6. The highest BCUT2D eigenvalue weighted by Gasteiger charge is 2.90. The molecule has 0 radical (unpaired) electrons. The second-order valence-electron chi connectivity index (χ2n) is 7.47. The highest BCUT2D eigenvalue weighted by atomic mass is 35.5. The van der Waals surface area contributed by atoms with E-state index in [4.69, 9.17) is 32.7 Å². The van der Waals surface area contributed by atoms with Crippen LogP contribution in [0, 0.1) is 28.0 Å². The van der Waals surface area contributed by atoms with E-state index < -0.39 is 33.4 Å². The first kappa shape index (κ1) is 21.4. The van der Waals surface area contributed by atoms with Crippen molar-refractivity contribution in [2.45, 2.75) is 24.6 Å². The zero-order valence-corrected chi connectivity index (χ0v) is 17.7. The molecule has 7 heteroatoms. The molecule has 0 aliphatic heterocycles. The van der Waals surface area contributed by atoms with Crippen LogP contribution in [0.1, 0.15) is 19.4 Å². The Labute approximate surface area is 179 Å². The van der Waals surface area contributed by atoms with Crippen molar-refractivity contribution in [3.63, 3.8) is 0 Å². The predicted octanol–water partition coefficient (Wildman–Crippen LogP) is 5.42. The number of ether oxygens (including phenoxy) is 2. The van der Waals surface area contributed by atoms with Gasteiger partial charge in [-0.15, -0.1) is 23.2 Å². The summed E-state index contributed by atoms with van der Waals surface area (Å²) in [4.78, 5) is 13.1. The standard InChI is InChI=1S/C22H20Cl2FNO3/c1-20(2)21(13-26,18(24)12-23)22(20,19(27)28-3)14-9-10-16(25)17(11-14)29-15-7-5-4-6-8-15/h4-11,18H,12H2,1-3H3. The van der Waals surface area contributed by atoms with E-state index in [1.807, 2.05) is 6.07 Å². The van der Waals surface area contributed by atoms with Crippen LogP contribution in [0.25, 0.3) is 0 Å². The molecule has 0 N–H and O–H groups in total. The highest BCUT2D eigenvalue weighted by Crippen LogP contribution is 2.80. The molecule has 0 spiro atoms. The van der Waals surface area contributed by atoms with Gasteiger partial charge in [-0.1, -0.05) is 38.1 Å². The number of methoxy groups -OCH3 is 1. The number of nitriles is 1. The molecule has 0 aromatic heterocycles. The van der Waals surface area contributed by atoms with Gasteiger partial charge in [-0.05, 0) is 29.8 Å². The topological polar surface area (TPSA) is 59.3 Å². The summed E-state index contributed by atoms with van der Waals surface area (Å²) < 4.78 is 25.2. The van der Waals surface area contributed by atoms with E-state index in [1.165, 1.54) is 25.3 Å². The SMILES string of the molecule is COC(=O)C1(c2ccc(F)c(Oc3ccccc3)c2)C(C)(C)C1(C#N)C(Cl)CCl. The molecule has 152 valence electrons. The van der Waals surface area contributed by atoms with E-state index in [1.54, 1.807) is 38.1 Å². The number of carbonyl (C=O) groups excluding carboxylic acids is 1. The Kier molecular flexibility index (Phi) is 5.55. The van der Waals surface area contributed by atoms with Crippen LogP contribution in [0.5, 0.6) is 11.5 Å². The van der Waals surface area contributed by atoms with Gasteiger partial charge >= 0.3 is 5.97 Å². The summed E-state index contributed by atoms with van der Waals surface area (Å²) >= 11 is 12.5. The monoisotopic (exact) mass is 435 g/mol. The van der Waals surface area contributed by atoms with Crippen molar-refractivity contribution >= 4 is 29.2 Å². The lowest BCUT2D eigenvalue weighted by atomic mass is 9.84. The molecule has 1 aliphatic carbocycles. The maximum Gasteiger partial charge on any atom is 0.318 e. The Hall–Kier alpha value is -2.29. The average molecular weight is 436 g/mol. The maximum absolute atomic E-state index is 14.5. The van der Waals surface area contributed by atoms with Gasteiger partial charge in [-0.3, -0.25) is 4.79 Å². The van der Waals surface area contributed by atoms with E-state index in [0.29, 0.717) is 11.3 Å². The molecule has 1 saturated carbocycles. The Morgan fingerprint density at radius 3 is 2.45 bits per heavy atom. The van der Waals surface area contributed by atoms with Crippen LogP contribution >= 0.6 is 23.2 Å². The number of nitrogens with zero attached hydrogens (tertiary/aromatic N) is 1. The Morgan fingerprint density at radius 2 is 1.90 bits per heavy atom. The number of para-hydroxylation sites is 1. The number of hydrogen-bond donors (Lipinski definition) is 0. The molecule has 2 aromatic carbocycles. The fraction of sp³-hybridized carbons (Fsp3) is 0.364. The second-order valence-corrected chi connectivity index (χ2v) is 8.30. The summed E-state index contributed by atoms with van der Waals surface area (Å²) in [6.45, 7) is 3.52. The first-order valence-electron chi connectivity index (χ1n) is 8.97. The molecule has 3 rings (SSSR count).